The summed E-state index contributed by atoms with van der Waals surface area (Å²) in [5.41, 5.74) is 2.43. The average molecular weight is 332 g/mol. The summed E-state index contributed by atoms with van der Waals surface area (Å²) in [7, 11) is -4.13. The Morgan fingerprint density at radius 3 is 2.04 bits per heavy atom. The van der Waals surface area contributed by atoms with Crippen LogP contribution in [-0.2, 0) is 15.5 Å². The SMILES string of the molecule is CCC(CC(C)(C)c1ccccc1)c1ccc(S(=O)(=O)O)cc1. The Hall–Kier alpha value is -1.65. The van der Waals surface area contributed by atoms with Crippen molar-refractivity contribution in [2.75, 3.05) is 0 Å². The topological polar surface area (TPSA) is 54.4 Å². The van der Waals surface area contributed by atoms with Gasteiger partial charge in [0.15, 0.2) is 0 Å². The first-order valence-corrected chi connectivity index (χ1v) is 9.31. The van der Waals surface area contributed by atoms with Crippen molar-refractivity contribution in [1.82, 2.24) is 0 Å². The predicted octanol–water partition coefficient (Wildman–Crippen LogP) is 4.79. The van der Waals surface area contributed by atoms with E-state index in [1.165, 1.54) is 17.7 Å². The maximum atomic E-state index is 11.2. The zero-order chi connectivity index (χ0) is 17.1. The molecule has 0 saturated heterocycles. The van der Waals surface area contributed by atoms with Crippen molar-refractivity contribution in [3.05, 3.63) is 65.7 Å². The van der Waals surface area contributed by atoms with Gasteiger partial charge in [-0.15, -0.1) is 0 Å². The van der Waals surface area contributed by atoms with Crippen molar-refractivity contribution in [3.63, 3.8) is 0 Å². The second kappa shape index (κ2) is 6.85. The maximum absolute atomic E-state index is 11.2. The van der Waals surface area contributed by atoms with Crippen LogP contribution in [0.25, 0.3) is 0 Å². The van der Waals surface area contributed by atoms with Gasteiger partial charge in [0.25, 0.3) is 10.1 Å². The van der Waals surface area contributed by atoms with Crippen molar-refractivity contribution in [2.24, 2.45) is 0 Å². The molecule has 0 spiro atoms. The maximum Gasteiger partial charge on any atom is 0.294 e. The first-order valence-electron chi connectivity index (χ1n) is 7.87. The van der Waals surface area contributed by atoms with E-state index in [4.69, 9.17) is 4.55 Å². The van der Waals surface area contributed by atoms with E-state index in [0.717, 1.165) is 18.4 Å². The van der Waals surface area contributed by atoms with Crippen LogP contribution in [0, 0.1) is 0 Å². The summed E-state index contributed by atoms with van der Waals surface area (Å²) >= 11 is 0. The van der Waals surface area contributed by atoms with Crippen molar-refractivity contribution in [3.8, 4) is 0 Å². The fourth-order valence-corrected chi connectivity index (χ4v) is 3.51. The van der Waals surface area contributed by atoms with Crippen LogP contribution in [-0.4, -0.2) is 13.0 Å². The second-order valence-corrected chi connectivity index (χ2v) is 8.02. The summed E-state index contributed by atoms with van der Waals surface area (Å²) in [6.45, 7) is 6.61. The van der Waals surface area contributed by atoms with E-state index in [-0.39, 0.29) is 10.3 Å². The molecule has 0 aliphatic rings. The lowest BCUT2D eigenvalue weighted by Gasteiger charge is -2.30. The van der Waals surface area contributed by atoms with Gasteiger partial charge in [0.2, 0.25) is 0 Å². The third-order valence-electron chi connectivity index (χ3n) is 4.45. The number of hydrogen-bond donors (Lipinski definition) is 1. The molecule has 2 aromatic rings. The molecule has 0 amide bonds. The fraction of sp³-hybridized carbons (Fsp3) is 0.368. The third kappa shape index (κ3) is 4.43. The summed E-state index contributed by atoms with van der Waals surface area (Å²) in [5.74, 6) is 0.334. The normalized spacial score (nSPS) is 13.7. The molecular weight excluding hydrogens is 308 g/mol. The van der Waals surface area contributed by atoms with Gasteiger partial charge in [-0.2, -0.15) is 8.42 Å². The number of hydrogen-bond acceptors (Lipinski definition) is 2. The van der Waals surface area contributed by atoms with Crippen LogP contribution in [0.1, 0.15) is 50.7 Å². The highest BCUT2D eigenvalue weighted by Gasteiger charge is 2.25. The van der Waals surface area contributed by atoms with Gasteiger partial charge in [0.05, 0.1) is 4.90 Å². The molecule has 1 atom stereocenters. The molecule has 0 aliphatic heterocycles. The van der Waals surface area contributed by atoms with E-state index in [9.17, 15) is 8.42 Å². The standard InChI is InChI=1S/C19H24O3S/c1-4-15(14-19(2,3)17-8-6-5-7-9-17)16-10-12-18(13-11-16)23(20,21)22/h5-13,15H,4,14H2,1-3H3,(H,20,21,22). The monoisotopic (exact) mass is 332 g/mol. The van der Waals surface area contributed by atoms with Gasteiger partial charge >= 0.3 is 0 Å². The quantitative estimate of drug-likeness (QED) is 0.773. The van der Waals surface area contributed by atoms with Crippen molar-refractivity contribution in [2.45, 2.75) is 49.8 Å². The van der Waals surface area contributed by atoms with Crippen LogP contribution >= 0.6 is 0 Å². The minimum Gasteiger partial charge on any atom is -0.282 e. The van der Waals surface area contributed by atoms with Crippen LogP contribution in [0.2, 0.25) is 0 Å². The molecule has 2 rings (SSSR count). The van der Waals surface area contributed by atoms with Crippen LogP contribution in [0.15, 0.2) is 59.5 Å². The molecule has 1 N–H and O–H groups in total. The summed E-state index contributed by atoms with van der Waals surface area (Å²) < 4.78 is 31.4. The van der Waals surface area contributed by atoms with Gasteiger partial charge in [0.1, 0.15) is 0 Å². The summed E-state index contributed by atoms with van der Waals surface area (Å²) in [5, 5.41) is 0. The van der Waals surface area contributed by atoms with Crippen molar-refractivity contribution in [1.29, 1.82) is 0 Å². The molecule has 23 heavy (non-hydrogen) atoms. The van der Waals surface area contributed by atoms with Gasteiger partial charge in [-0.05, 0) is 47.4 Å². The van der Waals surface area contributed by atoms with Gasteiger partial charge in [0, 0.05) is 0 Å². The first-order chi connectivity index (χ1) is 10.7. The largest absolute Gasteiger partial charge is 0.294 e. The zero-order valence-electron chi connectivity index (χ0n) is 13.9. The molecule has 124 valence electrons. The summed E-state index contributed by atoms with van der Waals surface area (Å²) in [6.07, 6.45) is 1.94. The Morgan fingerprint density at radius 1 is 1.00 bits per heavy atom. The molecule has 3 nitrogen and oxygen atoms in total. The van der Waals surface area contributed by atoms with Crippen LogP contribution in [0.5, 0.6) is 0 Å². The Kier molecular flexibility index (Phi) is 5.27. The highest BCUT2D eigenvalue weighted by atomic mass is 32.2. The summed E-state index contributed by atoms with van der Waals surface area (Å²) in [6, 6.07) is 17.0. The van der Waals surface area contributed by atoms with E-state index in [1.54, 1.807) is 12.1 Å². The van der Waals surface area contributed by atoms with E-state index in [1.807, 2.05) is 6.07 Å². The molecule has 4 heteroatoms. The Bertz CT molecular complexity index is 732. The smallest absolute Gasteiger partial charge is 0.282 e. The van der Waals surface area contributed by atoms with Crippen LogP contribution < -0.4 is 0 Å². The lowest BCUT2D eigenvalue weighted by Crippen LogP contribution is -2.20. The molecule has 0 heterocycles. The van der Waals surface area contributed by atoms with E-state index < -0.39 is 10.1 Å². The second-order valence-electron chi connectivity index (χ2n) is 6.60. The number of rotatable bonds is 6. The van der Waals surface area contributed by atoms with Crippen molar-refractivity contribution < 1.29 is 13.0 Å². The molecule has 0 aromatic heterocycles. The number of benzene rings is 2. The first kappa shape index (κ1) is 17.7. The highest BCUT2D eigenvalue weighted by molar-refractivity contribution is 7.85. The molecule has 2 aromatic carbocycles. The highest BCUT2D eigenvalue weighted by Crippen LogP contribution is 2.36. The predicted molar refractivity (Wildman–Crippen MR) is 93.4 cm³/mol. The lowest BCUT2D eigenvalue weighted by molar-refractivity contribution is 0.417. The van der Waals surface area contributed by atoms with Gasteiger partial charge in [-0.25, -0.2) is 0 Å². The van der Waals surface area contributed by atoms with Gasteiger partial charge < -0.3 is 0 Å². The third-order valence-corrected chi connectivity index (χ3v) is 5.32. The van der Waals surface area contributed by atoms with Crippen LogP contribution in [0.4, 0.5) is 0 Å². The lowest BCUT2D eigenvalue weighted by atomic mass is 9.74. The van der Waals surface area contributed by atoms with E-state index >= 15 is 0 Å². The molecule has 0 aliphatic carbocycles. The van der Waals surface area contributed by atoms with Crippen LogP contribution in [0.3, 0.4) is 0 Å². The molecule has 0 saturated carbocycles. The Balaban J connectivity index is 2.23. The molecule has 0 fully saturated rings. The van der Waals surface area contributed by atoms with E-state index in [2.05, 4.69) is 45.0 Å². The molecule has 1 unspecified atom stereocenters. The minimum absolute atomic E-state index is 0.0314. The van der Waals surface area contributed by atoms with E-state index in [0.29, 0.717) is 5.92 Å². The molecular formula is C19H24O3S. The molecule has 0 bridgehead atoms. The van der Waals surface area contributed by atoms with Gasteiger partial charge in [-0.3, -0.25) is 4.55 Å². The fourth-order valence-electron chi connectivity index (χ4n) is 3.03. The van der Waals surface area contributed by atoms with Crippen molar-refractivity contribution >= 4 is 10.1 Å². The summed E-state index contributed by atoms with van der Waals surface area (Å²) in [4.78, 5) is -0.0570. The minimum atomic E-state index is -4.13. The molecule has 0 radical (unpaired) electrons. The zero-order valence-corrected chi connectivity index (χ0v) is 14.7. The Morgan fingerprint density at radius 2 is 1.57 bits per heavy atom. The average Bonchev–Trinajstić information content (AvgIpc) is 2.53. The van der Waals surface area contributed by atoms with Gasteiger partial charge in [-0.1, -0.05) is 63.2 Å². The Labute approximate surface area is 139 Å².